The highest BCUT2D eigenvalue weighted by Crippen LogP contribution is 2.38. The lowest BCUT2D eigenvalue weighted by atomic mass is 9.35. The van der Waals surface area contributed by atoms with E-state index in [4.69, 9.17) is 0 Å². The number of hydrogen-bond donors (Lipinski definition) is 0. The maximum atomic E-state index is 14.8. The molecule has 0 saturated carbocycles. The SMILES string of the molecule is Fc1c(F)c(C(F)(F)F)c(F)c(F)c1B(c1c(F)c(F)c(C(F)(F)F)c(F)c1F)c1c(F)c(F)c(C(F)(F)F)c(F)c1F. The largest absolute Gasteiger partial charge is 0.422 e. The Morgan fingerprint density at radius 3 is 0.512 bits per heavy atom. The zero-order chi connectivity index (χ0) is 33.5. The van der Waals surface area contributed by atoms with Crippen LogP contribution in [0.4, 0.5) is 92.2 Å². The van der Waals surface area contributed by atoms with Gasteiger partial charge in [-0.25, -0.2) is 52.7 Å². The van der Waals surface area contributed by atoms with Crippen molar-refractivity contribution in [2.45, 2.75) is 18.5 Å². The highest BCUT2D eigenvalue weighted by molar-refractivity contribution is 6.95. The van der Waals surface area contributed by atoms with Gasteiger partial charge in [-0.15, -0.1) is 0 Å². The van der Waals surface area contributed by atoms with Crippen LogP contribution in [0.5, 0.6) is 0 Å². The molecule has 0 aliphatic heterocycles. The van der Waals surface area contributed by atoms with Crippen LogP contribution in [0.3, 0.4) is 0 Å². The third-order valence-electron chi connectivity index (χ3n) is 5.61. The fourth-order valence-corrected chi connectivity index (χ4v) is 3.89. The number of halogens is 21. The minimum absolute atomic E-state index is 3.25. The van der Waals surface area contributed by atoms with Crippen molar-refractivity contribution in [3.05, 3.63) is 86.5 Å². The van der Waals surface area contributed by atoms with Gasteiger partial charge in [0.25, 0.3) is 6.71 Å². The summed E-state index contributed by atoms with van der Waals surface area (Å²) >= 11 is 0. The predicted octanol–water partition coefficient (Wildman–Crippen LogP) is 6.93. The van der Waals surface area contributed by atoms with Gasteiger partial charge < -0.3 is 0 Å². The zero-order valence-electron chi connectivity index (χ0n) is 19.0. The van der Waals surface area contributed by atoms with Gasteiger partial charge in [0.05, 0.1) is 0 Å². The second kappa shape index (κ2) is 10.5. The van der Waals surface area contributed by atoms with Crippen LogP contribution < -0.4 is 16.4 Å². The van der Waals surface area contributed by atoms with Gasteiger partial charge in [0.15, 0.2) is 69.8 Å². The van der Waals surface area contributed by atoms with Crippen LogP contribution in [0.2, 0.25) is 0 Å². The molecule has 0 saturated heterocycles. The van der Waals surface area contributed by atoms with Gasteiger partial charge in [-0.3, -0.25) is 0 Å². The van der Waals surface area contributed by atoms with E-state index in [0.717, 1.165) is 0 Å². The molecule has 3 aromatic rings. The van der Waals surface area contributed by atoms with Crippen LogP contribution in [0.1, 0.15) is 16.7 Å². The Kier molecular flexibility index (Phi) is 8.21. The number of benzene rings is 3. The molecule has 3 rings (SSSR count). The summed E-state index contributed by atoms with van der Waals surface area (Å²) < 4.78 is 291. The molecule has 0 aromatic heterocycles. The number of rotatable bonds is 3. The third kappa shape index (κ3) is 5.21. The van der Waals surface area contributed by atoms with Crippen LogP contribution in [-0.4, -0.2) is 6.71 Å². The lowest BCUT2D eigenvalue weighted by Crippen LogP contribution is -2.60. The Morgan fingerprint density at radius 2 is 0.395 bits per heavy atom. The number of alkyl halides is 9. The van der Waals surface area contributed by atoms with Gasteiger partial charge in [-0.05, 0) is 0 Å². The summed E-state index contributed by atoms with van der Waals surface area (Å²) in [5.41, 5.74) is -20.4. The topological polar surface area (TPSA) is 0 Å². The van der Waals surface area contributed by atoms with Crippen molar-refractivity contribution in [2.24, 2.45) is 0 Å². The molecular formula is C21BF21. The maximum absolute atomic E-state index is 14.8. The normalized spacial score (nSPS) is 12.8. The van der Waals surface area contributed by atoms with E-state index in [1.54, 1.807) is 0 Å². The van der Waals surface area contributed by atoms with Crippen molar-refractivity contribution in [3.63, 3.8) is 0 Å². The Hall–Kier alpha value is -3.75. The van der Waals surface area contributed by atoms with Crippen molar-refractivity contribution in [2.75, 3.05) is 0 Å². The summed E-state index contributed by atoms with van der Waals surface area (Å²) in [6, 6.07) is 0. The van der Waals surface area contributed by atoms with Crippen LogP contribution in [0, 0.1) is 69.8 Å². The maximum Gasteiger partial charge on any atom is 0.422 e. The van der Waals surface area contributed by atoms with Gasteiger partial charge in [-0.1, -0.05) is 0 Å². The van der Waals surface area contributed by atoms with Crippen molar-refractivity contribution in [1.29, 1.82) is 0 Å². The first-order valence-electron chi connectivity index (χ1n) is 10.1. The van der Waals surface area contributed by atoms with Gasteiger partial charge in [0, 0.05) is 16.4 Å². The van der Waals surface area contributed by atoms with Crippen LogP contribution >= 0.6 is 0 Å². The Labute approximate surface area is 221 Å². The Morgan fingerprint density at radius 1 is 0.256 bits per heavy atom. The van der Waals surface area contributed by atoms with Gasteiger partial charge >= 0.3 is 18.5 Å². The lowest BCUT2D eigenvalue weighted by Gasteiger charge is -2.24. The van der Waals surface area contributed by atoms with Crippen molar-refractivity contribution in [1.82, 2.24) is 0 Å². The first kappa shape index (κ1) is 33.8. The lowest BCUT2D eigenvalue weighted by molar-refractivity contribution is -0.144. The smallest absolute Gasteiger partial charge is 0.204 e. The molecule has 0 unspecified atom stereocenters. The molecule has 0 aliphatic rings. The standard InChI is InChI=1S/C21BF21/c23-7-1(19(35,36)37)8(24)14(30)4(13(7)29)22(5-15(31)9(25)2(20(38,39)40)10(26)16(5)32)6-17(33)11(27)3(21(41,42)43)12(28)18(6)34. The summed E-state index contributed by atoms with van der Waals surface area (Å²) in [5.74, 6) is -43.9. The molecule has 0 spiro atoms. The van der Waals surface area contributed by atoms with Crippen molar-refractivity contribution >= 4 is 23.1 Å². The highest BCUT2D eigenvalue weighted by atomic mass is 19.4. The van der Waals surface area contributed by atoms with E-state index < -0.39 is 128 Å². The summed E-state index contributed by atoms with van der Waals surface area (Å²) in [6.07, 6.45) is -19.3. The van der Waals surface area contributed by atoms with E-state index in [-0.39, 0.29) is 0 Å². The van der Waals surface area contributed by atoms with E-state index in [1.165, 1.54) is 0 Å². The Bertz CT molecular complexity index is 1360. The Balaban J connectivity index is 2.74. The first-order valence-corrected chi connectivity index (χ1v) is 10.1. The minimum Gasteiger partial charge on any atom is -0.204 e. The molecule has 0 fully saturated rings. The molecule has 0 N–H and O–H groups in total. The summed E-state index contributed by atoms with van der Waals surface area (Å²) in [6.45, 7) is -4.62. The van der Waals surface area contributed by atoms with E-state index >= 15 is 0 Å². The van der Waals surface area contributed by atoms with Gasteiger partial charge in [-0.2, -0.15) is 39.5 Å². The van der Waals surface area contributed by atoms with Crippen LogP contribution in [0.25, 0.3) is 0 Å². The molecule has 0 atom stereocenters. The predicted molar refractivity (Wildman–Crippen MR) is 98.5 cm³/mol. The van der Waals surface area contributed by atoms with Crippen LogP contribution in [0.15, 0.2) is 0 Å². The highest BCUT2D eigenvalue weighted by Gasteiger charge is 2.51. The van der Waals surface area contributed by atoms with E-state index in [0.29, 0.717) is 0 Å². The molecule has 0 radical (unpaired) electrons. The van der Waals surface area contributed by atoms with Crippen molar-refractivity contribution < 1.29 is 92.2 Å². The molecule has 0 amide bonds. The molecular weight excluding hydrogens is 662 g/mol. The van der Waals surface area contributed by atoms with Gasteiger partial charge in [0.2, 0.25) is 0 Å². The van der Waals surface area contributed by atoms with E-state index in [1.807, 2.05) is 0 Å². The third-order valence-corrected chi connectivity index (χ3v) is 5.61. The average molecular weight is 662 g/mol. The van der Waals surface area contributed by atoms with Crippen molar-refractivity contribution in [3.8, 4) is 0 Å². The first-order chi connectivity index (χ1) is 19.3. The minimum atomic E-state index is -6.42. The quantitative estimate of drug-likeness (QED) is 0.162. The molecule has 234 valence electrons. The zero-order valence-corrected chi connectivity index (χ0v) is 19.0. The molecule has 43 heavy (non-hydrogen) atoms. The second-order valence-electron chi connectivity index (χ2n) is 8.06. The second-order valence-corrected chi connectivity index (χ2v) is 8.06. The fourth-order valence-electron chi connectivity index (χ4n) is 3.89. The number of hydrogen-bond acceptors (Lipinski definition) is 0. The monoisotopic (exact) mass is 662 g/mol. The summed E-state index contributed by atoms with van der Waals surface area (Å²) in [5, 5.41) is 0. The van der Waals surface area contributed by atoms with E-state index in [9.17, 15) is 92.2 Å². The molecule has 0 aliphatic carbocycles. The summed E-state index contributed by atoms with van der Waals surface area (Å²) in [4.78, 5) is 0. The molecule has 0 bridgehead atoms. The molecule has 0 nitrogen and oxygen atoms in total. The average Bonchev–Trinajstić information content (AvgIpc) is 2.83. The van der Waals surface area contributed by atoms with E-state index in [2.05, 4.69) is 0 Å². The fraction of sp³-hybridized carbons (Fsp3) is 0.143. The van der Waals surface area contributed by atoms with Gasteiger partial charge in [0.1, 0.15) is 16.7 Å². The molecule has 3 aromatic carbocycles. The summed E-state index contributed by atoms with van der Waals surface area (Å²) in [7, 11) is 0. The molecule has 0 heterocycles. The van der Waals surface area contributed by atoms with Crippen LogP contribution in [-0.2, 0) is 18.5 Å². The molecule has 22 heteroatoms.